The lowest BCUT2D eigenvalue weighted by molar-refractivity contribution is 0.203. The van der Waals surface area contributed by atoms with Crippen LogP contribution in [0.4, 0.5) is 0 Å². The van der Waals surface area contributed by atoms with Crippen molar-refractivity contribution in [1.29, 1.82) is 0 Å². The minimum absolute atomic E-state index is 0.0262. The van der Waals surface area contributed by atoms with E-state index in [1.165, 1.54) is 11.3 Å². The van der Waals surface area contributed by atoms with Gasteiger partial charge in [-0.2, -0.15) is 4.98 Å². The van der Waals surface area contributed by atoms with Crippen molar-refractivity contribution in [1.82, 2.24) is 10.1 Å². The molecule has 0 bridgehead atoms. The molecule has 6 nitrogen and oxygen atoms in total. The summed E-state index contributed by atoms with van der Waals surface area (Å²) < 4.78 is 16.5. The Labute approximate surface area is 149 Å². The van der Waals surface area contributed by atoms with E-state index >= 15 is 0 Å². The van der Waals surface area contributed by atoms with Crippen LogP contribution < -0.4 is 9.47 Å². The molecule has 3 aromatic rings. The van der Waals surface area contributed by atoms with Gasteiger partial charge in [-0.15, -0.1) is 11.3 Å². The van der Waals surface area contributed by atoms with Crippen LogP contribution in [0, 0.1) is 0 Å². The number of rotatable bonds is 4. The third-order valence-electron chi connectivity index (χ3n) is 4.23. The molecule has 2 unspecified atom stereocenters. The van der Waals surface area contributed by atoms with E-state index < -0.39 is 6.10 Å². The molecular formula is C18H18N2O4S. The predicted octanol–water partition coefficient (Wildman–Crippen LogP) is 3.58. The highest BCUT2D eigenvalue weighted by atomic mass is 32.1. The van der Waals surface area contributed by atoms with Crippen LogP contribution in [0.25, 0.3) is 10.7 Å². The van der Waals surface area contributed by atoms with Gasteiger partial charge >= 0.3 is 0 Å². The quantitative estimate of drug-likeness (QED) is 0.768. The van der Waals surface area contributed by atoms with Crippen LogP contribution in [0.3, 0.4) is 0 Å². The third-order valence-corrected chi connectivity index (χ3v) is 5.48. The average Bonchev–Trinajstić information content (AvgIpc) is 3.30. The van der Waals surface area contributed by atoms with Gasteiger partial charge in [0.05, 0.1) is 24.0 Å². The van der Waals surface area contributed by atoms with Gasteiger partial charge in [0.15, 0.2) is 0 Å². The van der Waals surface area contributed by atoms with Gasteiger partial charge < -0.3 is 19.1 Å². The van der Waals surface area contributed by atoms with E-state index in [-0.39, 0.29) is 5.92 Å². The first-order valence-corrected chi connectivity index (χ1v) is 8.87. The van der Waals surface area contributed by atoms with Crippen molar-refractivity contribution in [2.24, 2.45) is 0 Å². The molecular weight excluding hydrogens is 340 g/mol. The van der Waals surface area contributed by atoms with Gasteiger partial charge in [0.1, 0.15) is 18.1 Å². The average molecular weight is 358 g/mol. The molecule has 0 saturated carbocycles. The van der Waals surface area contributed by atoms with Crippen LogP contribution in [-0.4, -0.2) is 29.0 Å². The van der Waals surface area contributed by atoms with E-state index in [1.807, 2.05) is 30.3 Å². The van der Waals surface area contributed by atoms with E-state index in [2.05, 4.69) is 10.1 Å². The number of benzene rings is 1. The number of nitrogens with zero attached hydrogens (tertiary/aromatic N) is 2. The summed E-state index contributed by atoms with van der Waals surface area (Å²) >= 11 is 1.47. The maximum absolute atomic E-state index is 9.64. The highest BCUT2D eigenvalue weighted by Gasteiger charge is 2.27. The number of fused-ring (bicyclic) bond motifs is 1. The molecule has 1 aliphatic rings. The molecule has 0 spiro atoms. The summed E-state index contributed by atoms with van der Waals surface area (Å²) in [5, 5.41) is 13.7. The Kier molecular flexibility index (Phi) is 4.19. The molecule has 4 rings (SSSR count). The zero-order valence-corrected chi connectivity index (χ0v) is 14.7. The molecule has 0 radical (unpaired) electrons. The van der Waals surface area contributed by atoms with Crippen molar-refractivity contribution in [3.63, 3.8) is 0 Å². The summed E-state index contributed by atoms with van der Waals surface area (Å²) in [5.74, 6) is 2.77. The topological polar surface area (TPSA) is 77.6 Å². The highest BCUT2D eigenvalue weighted by Crippen LogP contribution is 2.35. The SMILES string of the molecule is COc1ccc2c(c1)OCC(c1nc(-c3ccc(C(C)O)s3)no1)C2. The number of thiophene rings is 1. The van der Waals surface area contributed by atoms with Crippen molar-refractivity contribution >= 4 is 11.3 Å². The van der Waals surface area contributed by atoms with Gasteiger partial charge in [0.2, 0.25) is 11.7 Å². The first-order valence-electron chi connectivity index (χ1n) is 8.05. The third kappa shape index (κ3) is 3.12. The van der Waals surface area contributed by atoms with Crippen molar-refractivity contribution in [2.45, 2.75) is 25.4 Å². The number of methoxy groups -OCH3 is 1. The van der Waals surface area contributed by atoms with Gasteiger partial charge in [-0.3, -0.25) is 0 Å². The molecule has 1 aromatic carbocycles. The first kappa shape index (κ1) is 16.1. The second-order valence-corrected chi connectivity index (χ2v) is 7.14. The van der Waals surface area contributed by atoms with E-state index in [4.69, 9.17) is 14.0 Å². The molecule has 3 heterocycles. The Balaban J connectivity index is 1.54. The lowest BCUT2D eigenvalue weighted by Gasteiger charge is -2.23. The van der Waals surface area contributed by atoms with Crippen molar-refractivity contribution in [3.05, 3.63) is 46.7 Å². The summed E-state index contributed by atoms with van der Waals surface area (Å²) in [5.41, 5.74) is 1.10. The summed E-state index contributed by atoms with van der Waals surface area (Å²) in [6, 6.07) is 9.61. The zero-order chi connectivity index (χ0) is 17.4. The Bertz CT molecular complexity index is 887. The van der Waals surface area contributed by atoms with E-state index in [0.29, 0.717) is 18.3 Å². The van der Waals surface area contributed by atoms with Gasteiger partial charge in [0.25, 0.3) is 0 Å². The lowest BCUT2D eigenvalue weighted by atomic mass is 9.96. The molecule has 2 atom stereocenters. The number of aliphatic hydroxyl groups excluding tert-OH is 1. The molecule has 130 valence electrons. The normalized spacial score (nSPS) is 17.6. The summed E-state index contributed by atoms with van der Waals surface area (Å²) in [7, 11) is 1.64. The standard InChI is InChI=1S/C18H18N2O4S/c1-10(21)15-5-6-16(25-15)17-19-18(24-20-17)12-7-11-3-4-13(22-2)8-14(11)23-9-12/h3-6,8,10,12,21H,7,9H2,1-2H3. The predicted molar refractivity (Wildman–Crippen MR) is 93.2 cm³/mol. The number of hydrogen-bond acceptors (Lipinski definition) is 7. The summed E-state index contributed by atoms with van der Waals surface area (Å²) in [4.78, 5) is 6.29. The van der Waals surface area contributed by atoms with Crippen molar-refractivity contribution < 1.29 is 19.1 Å². The molecule has 2 aromatic heterocycles. The van der Waals surface area contributed by atoms with Crippen LogP contribution in [-0.2, 0) is 6.42 Å². The minimum atomic E-state index is -0.495. The van der Waals surface area contributed by atoms with Crippen LogP contribution >= 0.6 is 11.3 Å². The Morgan fingerprint density at radius 1 is 1.32 bits per heavy atom. The van der Waals surface area contributed by atoms with Gasteiger partial charge in [-0.25, -0.2) is 0 Å². The maximum Gasteiger partial charge on any atom is 0.233 e. The molecule has 25 heavy (non-hydrogen) atoms. The van der Waals surface area contributed by atoms with Crippen molar-refractivity contribution in [2.75, 3.05) is 13.7 Å². The fourth-order valence-electron chi connectivity index (χ4n) is 2.84. The molecule has 0 saturated heterocycles. The number of aliphatic hydroxyl groups is 1. The van der Waals surface area contributed by atoms with Crippen LogP contribution in [0.1, 0.15) is 35.3 Å². The van der Waals surface area contributed by atoms with Crippen LogP contribution in [0.2, 0.25) is 0 Å². The van der Waals surface area contributed by atoms with E-state index in [9.17, 15) is 5.11 Å². The molecule has 7 heteroatoms. The Morgan fingerprint density at radius 2 is 2.20 bits per heavy atom. The van der Waals surface area contributed by atoms with E-state index in [0.717, 1.165) is 33.2 Å². The first-order chi connectivity index (χ1) is 12.1. The van der Waals surface area contributed by atoms with Crippen LogP contribution in [0.15, 0.2) is 34.9 Å². The second-order valence-electron chi connectivity index (χ2n) is 6.02. The smallest absolute Gasteiger partial charge is 0.233 e. The largest absolute Gasteiger partial charge is 0.497 e. The monoisotopic (exact) mass is 358 g/mol. The van der Waals surface area contributed by atoms with Gasteiger partial charge in [0, 0.05) is 10.9 Å². The fraction of sp³-hybridized carbons (Fsp3) is 0.333. The maximum atomic E-state index is 9.64. The number of aromatic nitrogens is 2. The Hall–Kier alpha value is -2.38. The summed E-state index contributed by atoms with van der Waals surface area (Å²) in [6.45, 7) is 2.23. The lowest BCUT2D eigenvalue weighted by Crippen LogP contribution is -2.19. The molecule has 1 aliphatic heterocycles. The van der Waals surface area contributed by atoms with Gasteiger partial charge in [-0.05, 0) is 37.1 Å². The fourth-order valence-corrected chi connectivity index (χ4v) is 3.71. The minimum Gasteiger partial charge on any atom is -0.497 e. The zero-order valence-electron chi connectivity index (χ0n) is 13.9. The molecule has 1 N–H and O–H groups in total. The second kappa shape index (κ2) is 6.50. The summed E-state index contributed by atoms with van der Waals surface area (Å²) in [6.07, 6.45) is 0.287. The highest BCUT2D eigenvalue weighted by molar-refractivity contribution is 7.15. The Morgan fingerprint density at radius 3 is 2.96 bits per heavy atom. The van der Waals surface area contributed by atoms with Gasteiger partial charge in [-0.1, -0.05) is 11.2 Å². The van der Waals surface area contributed by atoms with Crippen LogP contribution in [0.5, 0.6) is 11.5 Å². The van der Waals surface area contributed by atoms with E-state index in [1.54, 1.807) is 14.0 Å². The molecule has 0 aliphatic carbocycles. The molecule has 0 fully saturated rings. The number of hydrogen-bond donors (Lipinski definition) is 1. The molecule has 0 amide bonds. The van der Waals surface area contributed by atoms with Crippen molar-refractivity contribution in [3.8, 4) is 22.2 Å². The number of ether oxygens (including phenoxy) is 2.